The van der Waals surface area contributed by atoms with Gasteiger partial charge >= 0.3 is 0 Å². The Balaban J connectivity index is 1.94. The molecule has 82 valence electrons. The van der Waals surface area contributed by atoms with E-state index in [1.807, 2.05) is 6.08 Å². The van der Waals surface area contributed by atoms with Crippen molar-refractivity contribution in [3.63, 3.8) is 0 Å². The summed E-state index contributed by atoms with van der Waals surface area (Å²) in [6.45, 7) is 7.16. The molecule has 0 aromatic carbocycles. The van der Waals surface area contributed by atoms with Gasteiger partial charge in [-0.1, -0.05) is 26.3 Å². The molecule has 0 radical (unpaired) electrons. The normalized spacial score (nSPS) is 46.6. The van der Waals surface area contributed by atoms with Gasteiger partial charge in [0.2, 0.25) is 0 Å². The predicted octanol–water partition coefficient (Wildman–Crippen LogP) is 3.35. The molecular formula is C14H20O. The molecule has 0 heterocycles. The van der Waals surface area contributed by atoms with E-state index in [0.717, 1.165) is 24.7 Å². The summed E-state index contributed by atoms with van der Waals surface area (Å²) in [5.74, 6) is 2.15. The van der Waals surface area contributed by atoms with E-state index in [2.05, 4.69) is 20.8 Å². The number of hydrogen-bond acceptors (Lipinski definition) is 1. The zero-order valence-electron chi connectivity index (χ0n) is 9.97. The van der Waals surface area contributed by atoms with Gasteiger partial charge in [0.05, 0.1) is 0 Å². The molecule has 3 aliphatic rings. The lowest BCUT2D eigenvalue weighted by Crippen LogP contribution is -2.29. The third kappa shape index (κ3) is 1.18. The number of carbonyl (C=O) groups is 1. The Morgan fingerprint density at radius 3 is 2.73 bits per heavy atom. The highest BCUT2D eigenvalue weighted by Crippen LogP contribution is 2.70. The van der Waals surface area contributed by atoms with Crippen molar-refractivity contribution in [3.8, 4) is 0 Å². The van der Waals surface area contributed by atoms with Crippen LogP contribution in [0.3, 0.4) is 0 Å². The van der Waals surface area contributed by atoms with Gasteiger partial charge in [-0.25, -0.2) is 0 Å². The van der Waals surface area contributed by atoms with Gasteiger partial charge in [-0.2, -0.15) is 0 Å². The number of fused-ring (bicyclic) bond motifs is 2. The molecule has 1 heteroatoms. The van der Waals surface area contributed by atoms with Crippen molar-refractivity contribution in [2.24, 2.45) is 22.7 Å². The van der Waals surface area contributed by atoms with E-state index in [1.54, 1.807) is 0 Å². The van der Waals surface area contributed by atoms with E-state index in [0.29, 0.717) is 16.6 Å². The number of hydrogen-bond donors (Lipinski definition) is 0. The molecular weight excluding hydrogens is 184 g/mol. The van der Waals surface area contributed by atoms with Crippen molar-refractivity contribution >= 4 is 5.78 Å². The fourth-order valence-corrected chi connectivity index (χ4v) is 3.93. The van der Waals surface area contributed by atoms with Crippen molar-refractivity contribution in [3.05, 3.63) is 11.6 Å². The average molecular weight is 204 g/mol. The zero-order chi connectivity index (χ0) is 10.8. The van der Waals surface area contributed by atoms with Crippen LogP contribution in [-0.2, 0) is 4.79 Å². The van der Waals surface area contributed by atoms with Gasteiger partial charge in [-0.15, -0.1) is 0 Å². The molecule has 0 amide bonds. The standard InChI is InChI=1S/C14H20O/c1-13(2)11-7-9-6-10(15)4-5-14(9,3)8-12(11)13/h6,11-12H,4-5,7-8H2,1-3H3/t11-,12+,14-/m0/s1. The Kier molecular flexibility index (Phi) is 1.64. The minimum Gasteiger partial charge on any atom is -0.295 e. The van der Waals surface area contributed by atoms with Crippen LogP contribution in [0.25, 0.3) is 0 Å². The highest BCUT2D eigenvalue weighted by atomic mass is 16.1. The quantitative estimate of drug-likeness (QED) is 0.591. The lowest BCUT2D eigenvalue weighted by Gasteiger charge is -2.38. The Hall–Kier alpha value is -0.590. The molecule has 1 nitrogen and oxygen atoms in total. The van der Waals surface area contributed by atoms with Gasteiger partial charge < -0.3 is 0 Å². The summed E-state index contributed by atoms with van der Waals surface area (Å²) >= 11 is 0. The summed E-state index contributed by atoms with van der Waals surface area (Å²) < 4.78 is 0. The summed E-state index contributed by atoms with van der Waals surface area (Å²) in [6, 6.07) is 0. The van der Waals surface area contributed by atoms with Crippen LogP contribution in [0.5, 0.6) is 0 Å². The van der Waals surface area contributed by atoms with E-state index in [1.165, 1.54) is 18.4 Å². The molecule has 0 aromatic rings. The summed E-state index contributed by atoms with van der Waals surface area (Å²) in [7, 11) is 0. The maximum absolute atomic E-state index is 11.5. The summed E-state index contributed by atoms with van der Waals surface area (Å²) in [5.41, 5.74) is 2.37. The number of ketones is 1. The van der Waals surface area contributed by atoms with Crippen LogP contribution in [0.15, 0.2) is 11.6 Å². The average Bonchev–Trinajstić information content (AvgIpc) is 2.66. The first-order chi connectivity index (χ1) is 6.93. The zero-order valence-corrected chi connectivity index (χ0v) is 9.97. The van der Waals surface area contributed by atoms with Gasteiger partial charge in [0.1, 0.15) is 0 Å². The first-order valence-electron chi connectivity index (χ1n) is 6.17. The van der Waals surface area contributed by atoms with Crippen molar-refractivity contribution in [1.29, 1.82) is 0 Å². The second-order valence-corrected chi connectivity index (χ2v) is 6.64. The van der Waals surface area contributed by atoms with Crippen LogP contribution in [0.1, 0.15) is 46.5 Å². The van der Waals surface area contributed by atoms with Crippen molar-refractivity contribution in [2.75, 3.05) is 0 Å². The fourth-order valence-electron chi connectivity index (χ4n) is 3.93. The first kappa shape index (κ1) is 9.62. The minimum atomic E-state index is 0.361. The smallest absolute Gasteiger partial charge is 0.155 e. The molecule has 0 N–H and O–H groups in total. The number of carbonyl (C=O) groups excluding carboxylic acids is 1. The van der Waals surface area contributed by atoms with Crippen LogP contribution >= 0.6 is 0 Å². The summed E-state index contributed by atoms with van der Waals surface area (Å²) in [6.07, 6.45) is 6.35. The third-order valence-corrected chi connectivity index (χ3v) is 5.43. The molecule has 15 heavy (non-hydrogen) atoms. The molecule has 3 rings (SSSR count). The molecule has 0 aromatic heterocycles. The Morgan fingerprint density at radius 1 is 1.27 bits per heavy atom. The van der Waals surface area contributed by atoms with Crippen LogP contribution in [0.4, 0.5) is 0 Å². The topological polar surface area (TPSA) is 17.1 Å². The van der Waals surface area contributed by atoms with Crippen LogP contribution in [-0.4, -0.2) is 5.78 Å². The molecule has 0 unspecified atom stereocenters. The lowest BCUT2D eigenvalue weighted by atomic mass is 9.66. The molecule has 0 spiro atoms. The van der Waals surface area contributed by atoms with Gasteiger partial charge in [0.25, 0.3) is 0 Å². The van der Waals surface area contributed by atoms with Crippen LogP contribution in [0, 0.1) is 22.7 Å². The number of rotatable bonds is 0. The molecule has 0 bridgehead atoms. The second-order valence-electron chi connectivity index (χ2n) is 6.64. The second kappa shape index (κ2) is 2.56. The number of allylic oxidation sites excluding steroid dienone is 2. The van der Waals surface area contributed by atoms with Crippen molar-refractivity contribution < 1.29 is 4.79 Å². The van der Waals surface area contributed by atoms with Crippen LogP contribution in [0.2, 0.25) is 0 Å². The minimum absolute atomic E-state index is 0.361. The summed E-state index contributed by atoms with van der Waals surface area (Å²) in [5, 5.41) is 0. The highest BCUT2D eigenvalue weighted by molar-refractivity contribution is 5.91. The third-order valence-electron chi connectivity index (χ3n) is 5.43. The molecule has 0 aliphatic heterocycles. The van der Waals surface area contributed by atoms with Crippen molar-refractivity contribution in [1.82, 2.24) is 0 Å². The first-order valence-corrected chi connectivity index (χ1v) is 6.17. The molecule has 2 fully saturated rings. The van der Waals surface area contributed by atoms with E-state index in [9.17, 15) is 4.79 Å². The highest BCUT2D eigenvalue weighted by Gasteiger charge is 2.62. The van der Waals surface area contributed by atoms with Gasteiger partial charge in [-0.05, 0) is 48.0 Å². The Labute approximate surface area is 91.9 Å². The maximum atomic E-state index is 11.5. The molecule has 0 saturated heterocycles. The van der Waals surface area contributed by atoms with E-state index >= 15 is 0 Å². The fraction of sp³-hybridized carbons (Fsp3) is 0.786. The Bertz CT molecular complexity index is 364. The summed E-state index contributed by atoms with van der Waals surface area (Å²) in [4.78, 5) is 11.5. The SMILES string of the molecule is CC1(C)[C@@H]2C[C@]3(C)CCC(=O)C=C3C[C@@H]21. The van der Waals surface area contributed by atoms with Gasteiger partial charge in [-0.3, -0.25) is 4.79 Å². The Morgan fingerprint density at radius 2 is 2.00 bits per heavy atom. The van der Waals surface area contributed by atoms with E-state index < -0.39 is 0 Å². The molecule has 3 atom stereocenters. The van der Waals surface area contributed by atoms with E-state index in [-0.39, 0.29) is 0 Å². The van der Waals surface area contributed by atoms with E-state index in [4.69, 9.17) is 0 Å². The molecule has 3 aliphatic carbocycles. The van der Waals surface area contributed by atoms with Crippen LogP contribution < -0.4 is 0 Å². The van der Waals surface area contributed by atoms with Crippen molar-refractivity contribution in [2.45, 2.75) is 46.5 Å². The predicted molar refractivity (Wildman–Crippen MR) is 60.4 cm³/mol. The lowest BCUT2D eigenvalue weighted by molar-refractivity contribution is -0.115. The molecule has 2 saturated carbocycles. The monoisotopic (exact) mass is 204 g/mol. The van der Waals surface area contributed by atoms with Gasteiger partial charge in [0, 0.05) is 6.42 Å². The van der Waals surface area contributed by atoms with Gasteiger partial charge in [0.15, 0.2) is 5.78 Å². The maximum Gasteiger partial charge on any atom is 0.155 e. The largest absolute Gasteiger partial charge is 0.295 e.